The van der Waals surface area contributed by atoms with Crippen LogP contribution >= 0.6 is 0 Å². The van der Waals surface area contributed by atoms with Gasteiger partial charge in [-0.3, -0.25) is 4.79 Å². The van der Waals surface area contributed by atoms with Crippen LogP contribution in [0.15, 0.2) is 10.6 Å². The van der Waals surface area contributed by atoms with Crippen LogP contribution in [-0.2, 0) is 11.3 Å². The number of halogens is 3. The summed E-state index contributed by atoms with van der Waals surface area (Å²) >= 11 is 0. The molecule has 8 heteroatoms. The summed E-state index contributed by atoms with van der Waals surface area (Å²) in [5.74, 6) is -1.17. The number of carbonyl (C=O) groups is 1. The first-order chi connectivity index (χ1) is 10.3. The Morgan fingerprint density at radius 1 is 1.41 bits per heavy atom. The van der Waals surface area contributed by atoms with E-state index < -0.39 is 12.1 Å². The van der Waals surface area contributed by atoms with E-state index in [-0.39, 0.29) is 37.1 Å². The van der Waals surface area contributed by atoms with Gasteiger partial charge in [0.15, 0.2) is 11.5 Å². The third-order valence-corrected chi connectivity index (χ3v) is 4.09. The molecule has 0 aliphatic heterocycles. The summed E-state index contributed by atoms with van der Waals surface area (Å²) in [4.78, 5) is 13.7. The molecule has 1 fully saturated rings. The number of nitrogens with zero attached hydrogens (tertiary/aromatic N) is 2. The van der Waals surface area contributed by atoms with Crippen LogP contribution in [0.25, 0.3) is 0 Å². The molecule has 2 rings (SSSR count). The minimum Gasteiger partial charge on any atom is -0.377 e. The summed E-state index contributed by atoms with van der Waals surface area (Å²) in [6.07, 6.45) is -3.35. The molecule has 0 spiro atoms. The third kappa shape index (κ3) is 3.79. The van der Waals surface area contributed by atoms with Crippen LogP contribution in [0.2, 0.25) is 0 Å². The minimum absolute atomic E-state index is 0.0551. The van der Waals surface area contributed by atoms with Crippen molar-refractivity contribution in [2.24, 2.45) is 5.92 Å². The average Bonchev–Trinajstić information content (AvgIpc) is 2.94. The zero-order chi connectivity index (χ0) is 16.3. The molecule has 1 aromatic heterocycles. The van der Waals surface area contributed by atoms with Crippen LogP contribution in [0.5, 0.6) is 0 Å². The molecule has 1 heterocycles. The molecule has 0 unspecified atom stereocenters. The van der Waals surface area contributed by atoms with Gasteiger partial charge < -0.3 is 14.2 Å². The van der Waals surface area contributed by atoms with Crippen molar-refractivity contribution >= 4 is 5.91 Å². The zero-order valence-electron chi connectivity index (χ0n) is 12.5. The lowest BCUT2D eigenvalue weighted by Crippen LogP contribution is -2.41. The normalized spacial score (nSPS) is 22.6. The van der Waals surface area contributed by atoms with E-state index in [0.29, 0.717) is 18.6 Å². The first kappa shape index (κ1) is 16.8. The van der Waals surface area contributed by atoms with Gasteiger partial charge in [-0.15, -0.1) is 0 Å². The molecule has 0 bridgehead atoms. The van der Waals surface area contributed by atoms with E-state index in [4.69, 9.17) is 9.26 Å². The Morgan fingerprint density at radius 2 is 2.05 bits per heavy atom. The summed E-state index contributed by atoms with van der Waals surface area (Å²) in [7, 11) is 3.08. The lowest BCUT2D eigenvalue weighted by atomic mass is 9.85. The lowest BCUT2D eigenvalue weighted by molar-refractivity contribution is -0.183. The second-order valence-corrected chi connectivity index (χ2v) is 5.57. The van der Waals surface area contributed by atoms with Crippen molar-refractivity contribution in [2.45, 2.75) is 44.5 Å². The van der Waals surface area contributed by atoms with Gasteiger partial charge in [0.2, 0.25) is 0 Å². The molecular formula is C14H19F3N2O3. The molecule has 1 aliphatic rings. The largest absolute Gasteiger partial charge is 0.391 e. The zero-order valence-corrected chi connectivity index (χ0v) is 12.5. The molecule has 22 heavy (non-hydrogen) atoms. The number of rotatable bonds is 4. The minimum atomic E-state index is -4.14. The van der Waals surface area contributed by atoms with Crippen LogP contribution in [-0.4, -0.2) is 42.3 Å². The number of aromatic nitrogens is 1. The molecule has 0 saturated heterocycles. The first-order valence-electron chi connectivity index (χ1n) is 7.11. The summed E-state index contributed by atoms with van der Waals surface area (Å²) in [5.41, 5.74) is 0.146. The first-order valence-corrected chi connectivity index (χ1v) is 7.11. The summed E-state index contributed by atoms with van der Waals surface area (Å²) in [5, 5.41) is 3.68. The van der Waals surface area contributed by atoms with Crippen LogP contribution in [0.3, 0.4) is 0 Å². The Hall–Kier alpha value is -1.57. The van der Waals surface area contributed by atoms with Gasteiger partial charge in [0, 0.05) is 26.3 Å². The van der Waals surface area contributed by atoms with Crippen LogP contribution in [0.4, 0.5) is 13.2 Å². The second-order valence-electron chi connectivity index (χ2n) is 5.57. The maximum atomic E-state index is 12.7. The smallest absolute Gasteiger partial charge is 0.377 e. The number of amides is 1. The third-order valence-electron chi connectivity index (χ3n) is 4.09. The van der Waals surface area contributed by atoms with Gasteiger partial charge in [0.05, 0.1) is 5.92 Å². The SMILES string of the molecule is COCc1cc(C(=O)N(C)C2CCC(C(F)(F)F)CC2)no1. The molecule has 0 N–H and O–H groups in total. The molecule has 1 aliphatic carbocycles. The summed E-state index contributed by atoms with van der Waals surface area (Å²) < 4.78 is 47.8. The van der Waals surface area contributed by atoms with Gasteiger partial charge >= 0.3 is 6.18 Å². The van der Waals surface area contributed by atoms with E-state index in [0.717, 1.165) is 0 Å². The molecule has 1 aromatic rings. The highest BCUT2D eigenvalue weighted by molar-refractivity contribution is 5.92. The Kier molecular flexibility index (Phi) is 5.10. The molecule has 1 amide bonds. The molecule has 5 nitrogen and oxygen atoms in total. The van der Waals surface area contributed by atoms with Crippen molar-refractivity contribution in [3.05, 3.63) is 17.5 Å². The highest BCUT2D eigenvalue weighted by Gasteiger charge is 2.42. The topological polar surface area (TPSA) is 55.6 Å². The van der Waals surface area contributed by atoms with Crippen molar-refractivity contribution < 1.29 is 27.2 Å². The van der Waals surface area contributed by atoms with Crippen LogP contribution in [0.1, 0.15) is 41.9 Å². The maximum absolute atomic E-state index is 12.7. The van der Waals surface area contributed by atoms with E-state index in [1.807, 2.05) is 0 Å². The van der Waals surface area contributed by atoms with Crippen LogP contribution < -0.4 is 0 Å². The van der Waals surface area contributed by atoms with Gasteiger partial charge in [-0.25, -0.2) is 0 Å². The maximum Gasteiger partial charge on any atom is 0.391 e. The molecule has 0 radical (unpaired) electrons. The Labute approximate surface area is 126 Å². The molecule has 0 atom stereocenters. The molecular weight excluding hydrogens is 301 g/mol. The number of hydrogen-bond acceptors (Lipinski definition) is 4. The van der Waals surface area contributed by atoms with Gasteiger partial charge in [0.1, 0.15) is 6.61 Å². The monoisotopic (exact) mass is 320 g/mol. The average molecular weight is 320 g/mol. The van der Waals surface area contributed by atoms with Gasteiger partial charge in [-0.05, 0) is 25.7 Å². The number of carbonyl (C=O) groups excluding carboxylic acids is 1. The van der Waals surface area contributed by atoms with Crippen molar-refractivity contribution in [1.82, 2.24) is 10.1 Å². The fourth-order valence-electron chi connectivity index (χ4n) is 2.76. The fraction of sp³-hybridized carbons (Fsp3) is 0.714. The van der Waals surface area contributed by atoms with Gasteiger partial charge in [-0.2, -0.15) is 13.2 Å². The lowest BCUT2D eigenvalue weighted by Gasteiger charge is -2.34. The van der Waals surface area contributed by atoms with Gasteiger partial charge in [0.25, 0.3) is 5.91 Å². The number of ether oxygens (including phenoxy) is 1. The van der Waals surface area contributed by atoms with Crippen molar-refractivity contribution in [1.29, 1.82) is 0 Å². The molecule has 124 valence electrons. The Bertz CT molecular complexity index is 508. The van der Waals surface area contributed by atoms with Gasteiger partial charge in [-0.1, -0.05) is 5.16 Å². The number of methoxy groups -OCH3 is 1. The summed E-state index contributed by atoms with van der Waals surface area (Å²) in [6, 6.07) is 1.29. The van der Waals surface area contributed by atoms with Crippen molar-refractivity contribution in [3.63, 3.8) is 0 Å². The standard InChI is InChI=1S/C14H19F3N2O3/c1-19(10-5-3-9(4-6-10)14(15,16)17)13(20)12-7-11(8-21-2)22-18-12/h7,9-10H,3-6,8H2,1-2H3. The van der Waals surface area contributed by atoms with Crippen molar-refractivity contribution in [3.8, 4) is 0 Å². The van der Waals surface area contributed by atoms with E-state index in [2.05, 4.69) is 5.16 Å². The Morgan fingerprint density at radius 3 is 2.59 bits per heavy atom. The molecule has 0 aromatic carbocycles. The second kappa shape index (κ2) is 6.68. The van der Waals surface area contributed by atoms with Crippen LogP contribution in [0, 0.1) is 5.92 Å². The van der Waals surface area contributed by atoms with E-state index in [1.165, 1.54) is 18.1 Å². The van der Waals surface area contributed by atoms with E-state index >= 15 is 0 Å². The highest BCUT2D eigenvalue weighted by atomic mass is 19.4. The van der Waals surface area contributed by atoms with E-state index in [1.54, 1.807) is 7.05 Å². The quantitative estimate of drug-likeness (QED) is 0.856. The highest BCUT2D eigenvalue weighted by Crippen LogP contribution is 2.38. The summed E-state index contributed by atoms with van der Waals surface area (Å²) in [6.45, 7) is 0.209. The predicted molar refractivity (Wildman–Crippen MR) is 71.1 cm³/mol. The number of alkyl halides is 3. The van der Waals surface area contributed by atoms with Crippen molar-refractivity contribution in [2.75, 3.05) is 14.2 Å². The Balaban J connectivity index is 1.94. The fourth-order valence-corrected chi connectivity index (χ4v) is 2.76. The predicted octanol–water partition coefficient (Wildman–Crippen LogP) is 3.01. The molecule has 1 saturated carbocycles. The number of hydrogen-bond donors (Lipinski definition) is 0. The van der Waals surface area contributed by atoms with E-state index in [9.17, 15) is 18.0 Å².